The van der Waals surface area contributed by atoms with Crippen LogP contribution < -0.4 is 15.1 Å². The number of halogens is 1. The van der Waals surface area contributed by atoms with Crippen LogP contribution in [0.4, 0.5) is 11.4 Å². The number of nitrogens with zero attached hydrogens (tertiary/aromatic N) is 3. The fourth-order valence-electron chi connectivity index (χ4n) is 3.39. The quantitative estimate of drug-likeness (QED) is 0.152. The zero-order chi connectivity index (χ0) is 26.8. The number of hydrazone groups is 1. The van der Waals surface area contributed by atoms with Crippen LogP contribution in [0.1, 0.15) is 42.1 Å². The average Bonchev–Trinajstić information content (AvgIpc) is 2.92. The van der Waals surface area contributed by atoms with Gasteiger partial charge in [0.2, 0.25) is 0 Å². The molecule has 3 aromatic carbocycles. The van der Waals surface area contributed by atoms with Crippen molar-refractivity contribution in [3.63, 3.8) is 0 Å². The Morgan fingerprint density at radius 1 is 0.973 bits per heavy atom. The van der Waals surface area contributed by atoms with Gasteiger partial charge in [-0.05, 0) is 55.0 Å². The second-order valence-electron chi connectivity index (χ2n) is 8.04. The number of nitro groups is 1. The largest absolute Gasteiger partial charge is 0.497 e. The third kappa shape index (κ3) is 7.37. The van der Waals surface area contributed by atoms with Gasteiger partial charge < -0.3 is 10.1 Å². The molecule has 0 radical (unpaired) electrons. The summed E-state index contributed by atoms with van der Waals surface area (Å²) in [5, 5.41) is 20.0. The van der Waals surface area contributed by atoms with Crippen LogP contribution >= 0.6 is 11.6 Å². The average molecular weight is 523 g/mol. The smallest absolute Gasteiger partial charge is 0.278 e. The van der Waals surface area contributed by atoms with E-state index in [-0.39, 0.29) is 17.0 Å². The predicted molar refractivity (Wildman–Crippen MR) is 143 cm³/mol. The van der Waals surface area contributed by atoms with Gasteiger partial charge in [0, 0.05) is 34.8 Å². The van der Waals surface area contributed by atoms with Gasteiger partial charge in [-0.25, -0.2) is 0 Å². The standard InChI is InChI=1S/C27H27ClN4O5/c1-3-4-5-18-29-26(33)25(19-6-10-21(28)11-7-19)30-31(22-14-16-24(37-2)17-15-22)27(34)20-8-12-23(13-9-20)32(35)36/h6-17H,3-5,18H2,1-2H3,(H,29,33)/b30-25-. The molecule has 0 atom stereocenters. The van der Waals surface area contributed by atoms with Crippen molar-refractivity contribution in [1.29, 1.82) is 0 Å². The van der Waals surface area contributed by atoms with Gasteiger partial charge in [0.1, 0.15) is 5.75 Å². The number of carbonyl (C=O) groups is 2. The van der Waals surface area contributed by atoms with Gasteiger partial charge in [0.25, 0.3) is 17.5 Å². The Balaban J connectivity index is 2.08. The molecule has 0 saturated carbocycles. The number of non-ortho nitro benzene ring substituents is 1. The first-order valence-corrected chi connectivity index (χ1v) is 12.1. The SMILES string of the molecule is CCCCCNC(=O)/C(=N\N(C(=O)c1ccc([N+](=O)[O-])cc1)c1ccc(OC)cc1)c1ccc(Cl)cc1. The zero-order valence-electron chi connectivity index (χ0n) is 20.5. The number of nitrogens with one attached hydrogen (secondary N) is 1. The van der Waals surface area contributed by atoms with Crippen molar-refractivity contribution in [2.45, 2.75) is 26.2 Å². The number of nitro benzene ring substituents is 1. The molecule has 2 amide bonds. The molecular formula is C27H27ClN4O5. The summed E-state index contributed by atoms with van der Waals surface area (Å²) in [6.45, 7) is 2.52. The number of carbonyl (C=O) groups excluding carboxylic acids is 2. The molecule has 0 aliphatic heterocycles. The number of unbranched alkanes of at least 4 members (excludes halogenated alkanes) is 2. The number of benzene rings is 3. The lowest BCUT2D eigenvalue weighted by atomic mass is 10.1. The summed E-state index contributed by atoms with van der Waals surface area (Å²) in [5.74, 6) is -0.458. The topological polar surface area (TPSA) is 114 Å². The summed E-state index contributed by atoms with van der Waals surface area (Å²) in [6.07, 6.45) is 2.77. The molecule has 0 aliphatic rings. The minimum atomic E-state index is -0.578. The van der Waals surface area contributed by atoms with E-state index in [4.69, 9.17) is 16.3 Å². The van der Waals surface area contributed by atoms with E-state index in [0.29, 0.717) is 28.6 Å². The molecule has 3 rings (SSSR count). The molecular weight excluding hydrogens is 496 g/mol. The van der Waals surface area contributed by atoms with E-state index in [0.717, 1.165) is 24.3 Å². The first-order chi connectivity index (χ1) is 17.8. The summed E-state index contributed by atoms with van der Waals surface area (Å²) < 4.78 is 5.21. The highest BCUT2D eigenvalue weighted by Gasteiger charge is 2.23. The van der Waals surface area contributed by atoms with Crippen molar-refractivity contribution in [1.82, 2.24) is 5.32 Å². The van der Waals surface area contributed by atoms with E-state index in [9.17, 15) is 19.7 Å². The maximum absolute atomic E-state index is 13.6. The van der Waals surface area contributed by atoms with Crippen molar-refractivity contribution in [2.24, 2.45) is 5.10 Å². The number of hydrogen-bond acceptors (Lipinski definition) is 6. The van der Waals surface area contributed by atoms with Crippen LogP contribution in [0.5, 0.6) is 5.75 Å². The molecule has 0 spiro atoms. The summed E-state index contributed by atoms with van der Waals surface area (Å²) >= 11 is 6.05. The third-order valence-electron chi connectivity index (χ3n) is 5.43. The Morgan fingerprint density at radius 2 is 1.59 bits per heavy atom. The van der Waals surface area contributed by atoms with Gasteiger partial charge in [-0.15, -0.1) is 0 Å². The Bertz CT molecular complexity index is 1260. The molecule has 9 nitrogen and oxygen atoms in total. The summed E-state index contributed by atoms with van der Waals surface area (Å²) in [4.78, 5) is 37.3. The predicted octanol–water partition coefficient (Wildman–Crippen LogP) is 5.61. The van der Waals surface area contributed by atoms with E-state index in [1.165, 1.54) is 31.4 Å². The normalized spacial score (nSPS) is 11.1. The minimum Gasteiger partial charge on any atom is -0.497 e. The second-order valence-corrected chi connectivity index (χ2v) is 8.47. The van der Waals surface area contributed by atoms with Crippen molar-refractivity contribution in [2.75, 3.05) is 18.7 Å². The molecule has 3 aromatic rings. The molecule has 0 saturated heterocycles. The van der Waals surface area contributed by atoms with Crippen LogP contribution in [0.3, 0.4) is 0 Å². The van der Waals surface area contributed by atoms with Crippen LogP contribution in [0.15, 0.2) is 77.9 Å². The first-order valence-electron chi connectivity index (χ1n) is 11.7. The van der Waals surface area contributed by atoms with Crippen LogP contribution in [-0.2, 0) is 4.79 Å². The number of hydrogen-bond donors (Lipinski definition) is 1. The van der Waals surface area contributed by atoms with E-state index < -0.39 is 16.7 Å². The Kier molecular flexibility index (Phi) is 9.74. The van der Waals surface area contributed by atoms with Gasteiger partial charge in [0.05, 0.1) is 17.7 Å². The molecule has 0 aliphatic carbocycles. The second kappa shape index (κ2) is 13.2. The molecule has 192 valence electrons. The highest BCUT2D eigenvalue weighted by molar-refractivity contribution is 6.46. The van der Waals surface area contributed by atoms with Gasteiger partial charge in [0.15, 0.2) is 5.71 Å². The molecule has 10 heteroatoms. The Hall–Kier alpha value is -4.24. The van der Waals surface area contributed by atoms with Crippen LogP contribution in [-0.4, -0.2) is 36.1 Å². The van der Waals surface area contributed by atoms with Crippen molar-refractivity contribution < 1.29 is 19.2 Å². The number of rotatable bonds is 11. The zero-order valence-corrected chi connectivity index (χ0v) is 21.3. The lowest BCUT2D eigenvalue weighted by Crippen LogP contribution is -2.36. The summed E-state index contributed by atoms with van der Waals surface area (Å²) in [5.41, 5.74) is 0.856. The molecule has 0 unspecified atom stereocenters. The highest BCUT2D eigenvalue weighted by atomic mass is 35.5. The van der Waals surface area contributed by atoms with Crippen molar-refractivity contribution in [3.8, 4) is 5.75 Å². The summed E-state index contributed by atoms with van der Waals surface area (Å²) in [7, 11) is 1.52. The van der Waals surface area contributed by atoms with Crippen LogP contribution in [0.25, 0.3) is 0 Å². The van der Waals surface area contributed by atoms with E-state index >= 15 is 0 Å². The van der Waals surface area contributed by atoms with Gasteiger partial charge >= 0.3 is 0 Å². The minimum absolute atomic E-state index is 0.0132. The fraction of sp³-hybridized carbons (Fsp3) is 0.222. The van der Waals surface area contributed by atoms with E-state index in [1.54, 1.807) is 48.5 Å². The number of methoxy groups -OCH3 is 1. The number of amides is 2. The van der Waals surface area contributed by atoms with Gasteiger partial charge in [-0.1, -0.05) is 43.5 Å². The van der Waals surface area contributed by atoms with Gasteiger partial charge in [-0.3, -0.25) is 19.7 Å². The molecule has 0 fully saturated rings. The van der Waals surface area contributed by atoms with Crippen molar-refractivity contribution >= 4 is 40.5 Å². The number of ether oxygens (including phenoxy) is 1. The summed E-state index contributed by atoms with van der Waals surface area (Å²) in [6, 6.07) is 18.3. The van der Waals surface area contributed by atoms with E-state index in [1.807, 2.05) is 0 Å². The Labute approximate surface area is 219 Å². The Morgan fingerprint density at radius 3 is 2.16 bits per heavy atom. The monoisotopic (exact) mass is 522 g/mol. The van der Waals surface area contributed by atoms with Crippen LogP contribution in [0, 0.1) is 10.1 Å². The van der Waals surface area contributed by atoms with Crippen molar-refractivity contribution in [3.05, 3.63) is 99.1 Å². The van der Waals surface area contributed by atoms with Gasteiger partial charge in [-0.2, -0.15) is 10.1 Å². The number of anilines is 1. The first kappa shape index (κ1) is 27.3. The van der Waals surface area contributed by atoms with Crippen LogP contribution in [0.2, 0.25) is 5.02 Å². The lowest BCUT2D eigenvalue weighted by molar-refractivity contribution is -0.384. The lowest BCUT2D eigenvalue weighted by Gasteiger charge is -2.20. The fourth-order valence-corrected chi connectivity index (χ4v) is 3.52. The molecule has 0 heterocycles. The molecule has 1 N–H and O–H groups in total. The maximum Gasteiger partial charge on any atom is 0.278 e. The maximum atomic E-state index is 13.6. The molecule has 37 heavy (non-hydrogen) atoms. The molecule has 0 bridgehead atoms. The highest BCUT2D eigenvalue weighted by Crippen LogP contribution is 2.24. The van der Waals surface area contributed by atoms with E-state index in [2.05, 4.69) is 17.3 Å². The third-order valence-corrected chi connectivity index (χ3v) is 5.69. The molecule has 0 aromatic heterocycles.